The molecular formula is C28H30BrN10O3P. The van der Waals surface area contributed by atoms with Gasteiger partial charge in [0.2, 0.25) is 5.95 Å². The lowest BCUT2D eigenvalue weighted by atomic mass is 10.1. The Morgan fingerprint density at radius 3 is 2.56 bits per heavy atom. The second-order valence-electron chi connectivity index (χ2n) is 10.3. The molecule has 222 valence electrons. The Labute approximate surface area is 256 Å². The van der Waals surface area contributed by atoms with Gasteiger partial charge in [-0.3, -0.25) is 14.6 Å². The summed E-state index contributed by atoms with van der Waals surface area (Å²) in [6.07, 6.45) is 6.74. The molecule has 2 aromatic carbocycles. The lowest BCUT2D eigenvalue weighted by Crippen LogP contribution is -2.36. The van der Waals surface area contributed by atoms with E-state index in [1.165, 1.54) is 0 Å². The van der Waals surface area contributed by atoms with Gasteiger partial charge in [-0.05, 0) is 47.5 Å². The van der Waals surface area contributed by atoms with Gasteiger partial charge in [-0.15, -0.1) is 5.10 Å². The van der Waals surface area contributed by atoms with E-state index >= 15 is 0 Å². The van der Waals surface area contributed by atoms with Crippen LogP contribution in [0.3, 0.4) is 0 Å². The van der Waals surface area contributed by atoms with E-state index in [0.717, 1.165) is 30.0 Å². The van der Waals surface area contributed by atoms with E-state index in [1.807, 2.05) is 37.5 Å². The number of nitrogens with zero attached hydrogens (tertiary/aromatic N) is 8. The van der Waals surface area contributed by atoms with E-state index in [9.17, 15) is 4.57 Å². The highest BCUT2D eigenvalue weighted by atomic mass is 79.9. The first kappa shape index (κ1) is 29.0. The Kier molecular flexibility index (Phi) is 7.99. The Morgan fingerprint density at radius 1 is 1.05 bits per heavy atom. The Hall–Kier alpha value is -4.13. The van der Waals surface area contributed by atoms with Crippen molar-refractivity contribution in [2.24, 2.45) is 7.05 Å². The van der Waals surface area contributed by atoms with E-state index < -0.39 is 7.14 Å². The van der Waals surface area contributed by atoms with Crippen molar-refractivity contribution in [2.45, 2.75) is 0 Å². The number of halogens is 1. The molecule has 4 heterocycles. The summed E-state index contributed by atoms with van der Waals surface area (Å²) in [6.45, 7) is 6.21. The predicted molar refractivity (Wildman–Crippen MR) is 171 cm³/mol. The van der Waals surface area contributed by atoms with Gasteiger partial charge in [0.15, 0.2) is 0 Å². The summed E-state index contributed by atoms with van der Waals surface area (Å²) < 4.78 is 27.1. The van der Waals surface area contributed by atoms with Gasteiger partial charge in [-0.1, -0.05) is 5.21 Å². The average Bonchev–Trinajstić information content (AvgIpc) is 3.44. The van der Waals surface area contributed by atoms with Crippen LogP contribution in [0.15, 0.2) is 53.5 Å². The normalized spacial score (nSPS) is 13.7. The quantitative estimate of drug-likeness (QED) is 0.224. The Morgan fingerprint density at radius 2 is 1.84 bits per heavy atom. The Bertz CT molecular complexity index is 1850. The molecule has 1 aliphatic heterocycles. The SMILES string of the molecule is COc1cc(N2CCOCC2)c(-c2cn(C)nn2)cc1Nc1ncc(Br)c(Nc2ccc3nccnc3c2P(C)(C)=O)n1. The van der Waals surface area contributed by atoms with Gasteiger partial charge in [-0.2, -0.15) is 4.98 Å². The molecule has 0 amide bonds. The number of anilines is 5. The number of aromatic nitrogens is 7. The van der Waals surface area contributed by atoms with E-state index in [1.54, 1.807) is 43.7 Å². The van der Waals surface area contributed by atoms with E-state index in [0.29, 0.717) is 62.9 Å². The third kappa shape index (κ3) is 6.03. The number of aryl methyl sites for hydroxylation is 1. The van der Waals surface area contributed by atoms with Gasteiger partial charge in [0.1, 0.15) is 29.9 Å². The van der Waals surface area contributed by atoms with Gasteiger partial charge in [0.05, 0.1) is 58.9 Å². The van der Waals surface area contributed by atoms with Crippen LogP contribution in [-0.2, 0) is 16.3 Å². The highest BCUT2D eigenvalue weighted by Gasteiger charge is 2.24. The van der Waals surface area contributed by atoms with E-state index in [-0.39, 0.29) is 0 Å². The molecule has 5 aromatic rings. The number of benzene rings is 2. The van der Waals surface area contributed by atoms with Crippen molar-refractivity contribution in [2.75, 3.05) is 62.3 Å². The fraction of sp³-hybridized carbons (Fsp3) is 0.286. The van der Waals surface area contributed by atoms with Crippen LogP contribution in [-0.4, -0.2) is 81.7 Å². The number of hydrogen-bond acceptors (Lipinski definition) is 12. The predicted octanol–water partition coefficient (Wildman–Crippen LogP) is 4.56. The molecule has 13 nitrogen and oxygen atoms in total. The third-order valence-corrected chi connectivity index (χ3v) is 9.05. The number of ether oxygens (including phenoxy) is 2. The van der Waals surface area contributed by atoms with Crippen molar-refractivity contribution in [1.29, 1.82) is 0 Å². The molecule has 3 aromatic heterocycles. The number of hydrogen-bond donors (Lipinski definition) is 2. The first-order valence-electron chi connectivity index (χ1n) is 13.5. The maximum atomic E-state index is 13.4. The standard InChI is InChI=1S/C28H30BrN10O3P/c1-38-16-22(36-37-38)17-13-21(24(41-2)14-23(17)39-9-11-42-12-10-39)34-28-32-15-18(29)27(35-28)33-20-6-5-19-25(31-8-7-30-19)26(20)43(3,4)40/h5-8,13-16H,9-12H2,1-4H3,(H2,32,33,34,35). The van der Waals surface area contributed by atoms with E-state index in [4.69, 9.17) is 14.5 Å². The van der Waals surface area contributed by atoms with Gasteiger partial charge >= 0.3 is 0 Å². The van der Waals surface area contributed by atoms with Gasteiger partial charge < -0.3 is 29.6 Å². The molecule has 0 saturated carbocycles. The minimum atomic E-state index is -2.76. The van der Waals surface area contributed by atoms with Crippen LogP contribution >= 0.6 is 23.1 Å². The summed E-state index contributed by atoms with van der Waals surface area (Å²) in [7, 11) is 0.698. The van der Waals surface area contributed by atoms with Crippen molar-refractivity contribution in [1.82, 2.24) is 34.9 Å². The number of fused-ring (bicyclic) bond motifs is 1. The maximum Gasteiger partial charge on any atom is 0.229 e. The van der Waals surface area contributed by atoms with E-state index in [2.05, 4.69) is 56.7 Å². The van der Waals surface area contributed by atoms with Crippen LogP contribution in [0.2, 0.25) is 0 Å². The van der Waals surface area contributed by atoms with Crippen LogP contribution in [0, 0.1) is 0 Å². The molecule has 2 N–H and O–H groups in total. The largest absolute Gasteiger partial charge is 0.494 e. The lowest BCUT2D eigenvalue weighted by Gasteiger charge is -2.31. The highest BCUT2D eigenvalue weighted by molar-refractivity contribution is 9.10. The lowest BCUT2D eigenvalue weighted by molar-refractivity contribution is 0.122. The summed E-state index contributed by atoms with van der Waals surface area (Å²) >= 11 is 3.55. The number of rotatable bonds is 8. The maximum absolute atomic E-state index is 13.4. The van der Waals surface area contributed by atoms with Crippen molar-refractivity contribution in [3.8, 4) is 17.0 Å². The number of methoxy groups -OCH3 is 1. The zero-order chi connectivity index (χ0) is 30.1. The topological polar surface area (TPSA) is 145 Å². The second kappa shape index (κ2) is 11.9. The molecule has 0 atom stereocenters. The monoisotopic (exact) mass is 664 g/mol. The molecular weight excluding hydrogens is 635 g/mol. The smallest absolute Gasteiger partial charge is 0.229 e. The van der Waals surface area contributed by atoms with Crippen LogP contribution < -0.4 is 25.6 Å². The minimum absolute atomic E-state index is 0.325. The van der Waals surface area contributed by atoms with Crippen LogP contribution in [0.4, 0.5) is 28.8 Å². The minimum Gasteiger partial charge on any atom is -0.494 e. The van der Waals surface area contributed by atoms with Crippen molar-refractivity contribution >= 4 is 68.2 Å². The molecule has 1 saturated heterocycles. The van der Waals surface area contributed by atoms with Crippen LogP contribution in [0.25, 0.3) is 22.3 Å². The Balaban J connectivity index is 1.38. The molecule has 0 aliphatic carbocycles. The van der Waals surface area contributed by atoms with Crippen LogP contribution in [0.1, 0.15) is 0 Å². The molecule has 6 rings (SSSR count). The first-order chi connectivity index (χ1) is 20.7. The molecule has 43 heavy (non-hydrogen) atoms. The molecule has 1 fully saturated rings. The zero-order valence-electron chi connectivity index (χ0n) is 24.1. The van der Waals surface area contributed by atoms with Gasteiger partial charge in [0, 0.05) is 50.4 Å². The second-order valence-corrected chi connectivity index (χ2v) is 14.3. The molecule has 0 unspecified atom stereocenters. The number of nitrogens with one attached hydrogen (secondary N) is 2. The molecule has 0 radical (unpaired) electrons. The summed E-state index contributed by atoms with van der Waals surface area (Å²) in [5.41, 5.74) is 5.13. The summed E-state index contributed by atoms with van der Waals surface area (Å²) in [5.74, 6) is 1.42. The molecule has 1 aliphatic rings. The fourth-order valence-corrected chi connectivity index (χ4v) is 6.69. The average molecular weight is 665 g/mol. The number of morpholine rings is 1. The summed E-state index contributed by atoms with van der Waals surface area (Å²) in [5, 5.41) is 15.8. The van der Waals surface area contributed by atoms with Gasteiger partial charge in [0.25, 0.3) is 0 Å². The third-order valence-electron chi connectivity index (χ3n) is 6.94. The van der Waals surface area contributed by atoms with Crippen LogP contribution in [0.5, 0.6) is 5.75 Å². The molecule has 15 heteroatoms. The van der Waals surface area contributed by atoms with Gasteiger partial charge in [-0.25, -0.2) is 4.98 Å². The first-order valence-corrected chi connectivity index (χ1v) is 16.9. The molecule has 0 spiro atoms. The van der Waals surface area contributed by atoms with Crippen molar-refractivity contribution < 1.29 is 14.0 Å². The van der Waals surface area contributed by atoms with Crippen molar-refractivity contribution in [3.05, 3.63) is 53.5 Å². The zero-order valence-corrected chi connectivity index (χ0v) is 26.6. The summed E-state index contributed by atoms with van der Waals surface area (Å²) in [4.78, 5) is 20.3. The highest BCUT2D eigenvalue weighted by Crippen LogP contribution is 2.42. The summed E-state index contributed by atoms with van der Waals surface area (Å²) in [6, 6.07) is 7.63. The van der Waals surface area contributed by atoms with Crippen molar-refractivity contribution in [3.63, 3.8) is 0 Å². The molecule has 0 bridgehead atoms. The fourth-order valence-electron chi connectivity index (χ4n) is 5.01.